The van der Waals surface area contributed by atoms with Gasteiger partial charge < -0.3 is 19.5 Å². The Labute approximate surface area is 175 Å². The number of allylic oxidation sites excluding steroid dienone is 1. The molecule has 0 spiro atoms. The number of benzene rings is 2. The van der Waals surface area contributed by atoms with Crippen LogP contribution in [0.1, 0.15) is 21.5 Å². The van der Waals surface area contributed by atoms with Gasteiger partial charge in [-0.25, -0.2) is 10.2 Å². The van der Waals surface area contributed by atoms with Crippen molar-refractivity contribution in [3.8, 4) is 11.5 Å². The standard InChI is InChI=1S/C22H25N3O5/c1-5-7-16-10-15(11-19(29-4)21(16)30-14-20(26)27)13-23-24-22(28)17-8-6-9-18(12-17)25(2)3/h5-6,8-13H,1,7,14H2,2-4H3,(H,24,28)(H,26,27)/b23-13-. The number of anilines is 1. The maximum absolute atomic E-state index is 12.3. The number of hydrogen-bond acceptors (Lipinski definition) is 6. The normalized spacial score (nSPS) is 10.5. The smallest absolute Gasteiger partial charge is 0.341 e. The largest absolute Gasteiger partial charge is 0.493 e. The SMILES string of the molecule is C=CCc1cc(/C=N\NC(=O)c2cccc(N(C)C)c2)cc(OC)c1OCC(=O)O. The highest BCUT2D eigenvalue weighted by molar-refractivity contribution is 5.95. The maximum atomic E-state index is 12.3. The van der Waals surface area contributed by atoms with E-state index in [-0.39, 0.29) is 5.91 Å². The van der Waals surface area contributed by atoms with E-state index in [2.05, 4.69) is 17.1 Å². The Kier molecular flexibility index (Phi) is 7.99. The maximum Gasteiger partial charge on any atom is 0.341 e. The lowest BCUT2D eigenvalue weighted by molar-refractivity contribution is -0.139. The van der Waals surface area contributed by atoms with Crippen LogP contribution in [0.25, 0.3) is 0 Å². The van der Waals surface area contributed by atoms with Gasteiger partial charge in [-0.1, -0.05) is 12.1 Å². The lowest BCUT2D eigenvalue weighted by Gasteiger charge is -2.14. The summed E-state index contributed by atoms with van der Waals surface area (Å²) < 4.78 is 10.7. The van der Waals surface area contributed by atoms with E-state index >= 15 is 0 Å². The van der Waals surface area contributed by atoms with E-state index in [4.69, 9.17) is 14.6 Å². The molecule has 8 nitrogen and oxygen atoms in total. The zero-order chi connectivity index (χ0) is 22.1. The highest BCUT2D eigenvalue weighted by atomic mass is 16.5. The van der Waals surface area contributed by atoms with Gasteiger partial charge in [-0.15, -0.1) is 6.58 Å². The predicted octanol–water partition coefficient (Wildman–Crippen LogP) is 2.72. The number of carbonyl (C=O) groups is 2. The summed E-state index contributed by atoms with van der Waals surface area (Å²) >= 11 is 0. The minimum absolute atomic E-state index is 0.335. The lowest BCUT2D eigenvalue weighted by atomic mass is 10.1. The molecule has 158 valence electrons. The van der Waals surface area contributed by atoms with Crippen molar-refractivity contribution in [2.24, 2.45) is 5.10 Å². The molecule has 0 aromatic heterocycles. The zero-order valence-electron chi connectivity index (χ0n) is 17.2. The molecule has 0 aliphatic rings. The number of carboxylic acids is 1. The number of aliphatic carboxylic acids is 1. The molecule has 0 aliphatic heterocycles. The molecule has 2 N–H and O–H groups in total. The Hall–Kier alpha value is -3.81. The molecule has 0 fully saturated rings. The van der Waals surface area contributed by atoms with Crippen LogP contribution in [-0.4, -0.2) is 51.0 Å². The first-order valence-corrected chi connectivity index (χ1v) is 9.13. The number of amides is 1. The molecule has 2 rings (SSSR count). The van der Waals surface area contributed by atoms with Crippen LogP contribution in [-0.2, 0) is 11.2 Å². The average Bonchev–Trinajstić information content (AvgIpc) is 2.72. The minimum Gasteiger partial charge on any atom is -0.493 e. The number of hydrazone groups is 1. The van der Waals surface area contributed by atoms with Crippen LogP contribution in [0.15, 0.2) is 54.2 Å². The number of nitrogens with zero attached hydrogens (tertiary/aromatic N) is 2. The molecule has 30 heavy (non-hydrogen) atoms. The quantitative estimate of drug-likeness (QED) is 0.354. The molecule has 0 saturated heterocycles. The van der Waals surface area contributed by atoms with Gasteiger partial charge in [-0.2, -0.15) is 5.10 Å². The van der Waals surface area contributed by atoms with E-state index in [1.807, 2.05) is 25.1 Å². The van der Waals surface area contributed by atoms with E-state index in [1.165, 1.54) is 13.3 Å². The average molecular weight is 411 g/mol. The van der Waals surface area contributed by atoms with Crippen molar-refractivity contribution >= 4 is 23.8 Å². The zero-order valence-corrected chi connectivity index (χ0v) is 17.2. The number of carboxylic acid groups (broad SMARTS) is 1. The van der Waals surface area contributed by atoms with Gasteiger partial charge in [-0.05, 0) is 42.3 Å². The van der Waals surface area contributed by atoms with E-state index in [1.54, 1.807) is 36.4 Å². The van der Waals surface area contributed by atoms with Gasteiger partial charge in [0.15, 0.2) is 18.1 Å². The van der Waals surface area contributed by atoms with Crippen LogP contribution >= 0.6 is 0 Å². The fourth-order valence-corrected chi connectivity index (χ4v) is 2.67. The number of carbonyl (C=O) groups excluding carboxylic acids is 1. The van der Waals surface area contributed by atoms with Gasteiger partial charge >= 0.3 is 5.97 Å². The van der Waals surface area contributed by atoms with Crippen LogP contribution < -0.4 is 19.8 Å². The number of rotatable bonds is 10. The Morgan fingerprint density at radius 1 is 1.27 bits per heavy atom. The van der Waals surface area contributed by atoms with Crippen LogP contribution in [0, 0.1) is 0 Å². The predicted molar refractivity (Wildman–Crippen MR) is 116 cm³/mol. The summed E-state index contributed by atoms with van der Waals surface area (Å²) in [6, 6.07) is 10.6. The van der Waals surface area contributed by atoms with Crippen molar-refractivity contribution in [1.82, 2.24) is 5.43 Å². The van der Waals surface area contributed by atoms with E-state index in [0.29, 0.717) is 34.6 Å². The van der Waals surface area contributed by atoms with E-state index in [9.17, 15) is 9.59 Å². The van der Waals surface area contributed by atoms with Crippen molar-refractivity contribution in [2.75, 3.05) is 32.7 Å². The highest BCUT2D eigenvalue weighted by Crippen LogP contribution is 2.33. The second kappa shape index (κ2) is 10.7. The third-order valence-corrected chi connectivity index (χ3v) is 4.08. The highest BCUT2D eigenvalue weighted by Gasteiger charge is 2.14. The van der Waals surface area contributed by atoms with Gasteiger partial charge in [0.2, 0.25) is 0 Å². The van der Waals surface area contributed by atoms with Crippen LogP contribution in [0.5, 0.6) is 11.5 Å². The van der Waals surface area contributed by atoms with Crippen molar-refractivity contribution in [3.05, 3.63) is 65.7 Å². The molecule has 2 aromatic rings. The fourth-order valence-electron chi connectivity index (χ4n) is 2.67. The molecule has 1 amide bonds. The number of ether oxygens (including phenoxy) is 2. The first-order valence-electron chi connectivity index (χ1n) is 9.13. The first kappa shape index (κ1) is 22.5. The summed E-state index contributed by atoms with van der Waals surface area (Å²) in [5.74, 6) is -0.730. The van der Waals surface area contributed by atoms with Gasteiger partial charge in [0.1, 0.15) is 0 Å². The van der Waals surface area contributed by atoms with E-state index in [0.717, 1.165) is 5.69 Å². The third-order valence-electron chi connectivity index (χ3n) is 4.08. The van der Waals surface area contributed by atoms with Gasteiger partial charge in [0.25, 0.3) is 5.91 Å². The van der Waals surface area contributed by atoms with E-state index < -0.39 is 12.6 Å². The van der Waals surface area contributed by atoms with Crippen LogP contribution in [0.3, 0.4) is 0 Å². The first-order chi connectivity index (χ1) is 14.3. The molecule has 0 bridgehead atoms. The van der Waals surface area contributed by atoms with Gasteiger partial charge in [0.05, 0.1) is 13.3 Å². The topological polar surface area (TPSA) is 100 Å². The van der Waals surface area contributed by atoms with Crippen LogP contribution in [0.2, 0.25) is 0 Å². The molecule has 0 heterocycles. The second-order valence-corrected chi connectivity index (χ2v) is 6.53. The Morgan fingerprint density at radius 3 is 2.67 bits per heavy atom. The lowest BCUT2D eigenvalue weighted by Crippen LogP contribution is -2.18. The molecular formula is C22H25N3O5. The van der Waals surface area contributed by atoms with Gasteiger partial charge in [-0.3, -0.25) is 4.79 Å². The summed E-state index contributed by atoms with van der Waals surface area (Å²) in [6.45, 7) is 3.22. The van der Waals surface area contributed by atoms with Crippen LogP contribution in [0.4, 0.5) is 5.69 Å². The summed E-state index contributed by atoms with van der Waals surface area (Å²) in [5, 5.41) is 12.9. The molecule has 8 heteroatoms. The second-order valence-electron chi connectivity index (χ2n) is 6.53. The summed E-state index contributed by atoms with van der Waals surface area (Å²) in [7, 11) is 5.25. The number of hydrogen-bond donors (Lipinski definition) is 2. The van der Waals surface area contributed by atoms with Crippen molar-refractivity contribution in [2.45, 2.75) is 6.42 Å². The Bertz CT molecular complexity index is 954. The molecule has 2 aromatic carbocycles. The van der Waals surface area contributed by atoms with Crippen molar-refractivity contribution in [1.29, 1.82) is 0 Å². The molecule has 0 aliphatic carbocycles. The number of methoxy groups -OCH3 is 1. The van der Waals surface area contributed by atoms with Crippen molar-refractivity contribution < 1.29 is 24.2 Å². The molecule has 0 atom stereocenters. The monoisotopic (exact) mass is 411 g/mol. The molecule has 0 saturated carbocycles. The molecule has 0 radical (unpaired) electrons. The summed E-state index contributed by atoms with van der Waals surface area (Å²) in [4.78, 5) is 25.1. The summed E-state index contributed by atoms with van der Waals surface area (Å²) in [6.07, 6.45) is 3.59. The Morgan fingerprint density at radius 2 is 2.03 bits per heavy atom. The molecule has 0 unspecified atom stereocenters. The van der Waals surface area contributed by atoms with Gasteiger partial charge in [0, 0.05) is 30.9 Å². The van der Waals surface area contributed by atoms with Crippen molar-refractivity contribution in [3.63, 3.8) is 0 Å². The molecular weight excluding hydrogens is 386 g/mol. The number of nitrogens with one attached hydrogen (secondary N) is 1. The third kappa shape index (κ3) is 6.10. The Balaban J connectivity index is 2.20. The minimum atomic E-state index is -1.09. The summed E-state index contributed by atoms with van der Waals surface area (Å²) in [5.41, 5.74) is 5.23. The fraction of sp³-hybridized carbons (Fsp3) is 0.227.